The van der Waals surface area contributed by atoms with Gasteiger partial charge in [0.15, 0.2) is 0 Å². The third kappa shape index (κ3) is 6.86. The van der Waals surface area contributed by atoms with Gasteiger partial charge in [0.2, 0.25) is 5.91 Å². The number of amides is 1. The monoisotopic (exact) mass is 201 g/mol. The zero-order valence-electron chi connectivity index (χ0n) is 9.71. The maximum atomic E-state index is 11.4. The first-order chi connectivity index (χ1) is 6.45. The molecule has 1 atom stereocenters. The molecule has 0 radical (unpaired) electrons. The van der Waals surface area contributed by atoms with Gasteiger partial charge in [-0.15, -0.1) is 0 Å². The summed E-state index contributed by atoms with van der Waals surface area (Å²) in [6, 6.07) is 0. The lowest BCUT2D eigenvalue weighted by Gasteiger charge is -2.18. The fourth-order valence-corrected chi connectivity index (χ4v) is 1.49. The van der Waals surface area contributed by atoms with Crippen LogP contribution in [0, 0.1) is 11.8 Å². The van der Waals surface area contributed by atoms with Gasteiger partial charge in [0.05, 0.1) is 0 Å². The molecule has 0 saturated heterocycles. The molecule has 0 aliphatic heterocycles. The van der Waals surface area contributed by atoms with E-state index in [0.29, 0.717) is 24.8 Å². The van der Waals surface area contributed by atoms with Crippen LogP contribution in [0.4, 0.5) is 0 Å². The topological polar surface area (TPSA) is 58.4 Å². The van der Waals surface area contributed by atoms with E-state index in [1.54, 1.807) is 19.1 Å². The molecule has 0 aliphatic rings. The molecular formula is C10H23N3O. The summed E-state index contributed by atoms with van der Waals surface area (Å²) in [6.07, 6.45) is 1.53. The number of carbonyl (C=O) groups excluding carboxylic acids is 1. The Morgan fingerprint density at radius 2 is 2.00 bits per heavy atom. The number of carbonyl (C=O) groups is 1. The van der Waals surface area contributed by atoms with Gasteiger partial charge < -0.3 is 5.73 Å². The standard InChI is InChI=1S/C10H23N3O/c1-8(2)5-9(7-11)6-10(14)12-13(3)4/h8-9H,5-7,11H2,1-4H3,(H,12,14)/t9-/m0/s1. The van der Waals surface area contributed by atoms with E-state index in [0.717, 1.165) is 6.42 Å². The molecule has 0 aromatic heterocycles. The second-order valence-electron chi connectivity index (χ2n) is 4.36. The number of nitrogens with one attached hydrogen (secondary N) is 1. The Kier molecular flexibility index (Phi) is 6.49. The third-order valence-corrected chi connectivity index (χ3v) is 1.96. The summed E-state index contributed by atoms with van der Waals surface area (Å²) in [5.41, 5.74) is 8.33. The Morgan fingerprint density at radius 1 is 1.43 bits per heavy atom. The fraction of sp³-hybridized carbons (Fsp3) is 0.900. The van der Waals surface area contributed by atoms with Gasteiger partial charge >= 0.3 is 0 Å². The summed E-state index contributed by atoms with van der Waals surface area (Å²) >= 11 is 0. The molecule has 14 heavy (non-hydrogen) atoms. The maximum absolute atomic E-state index is 11.4. The van der Waals surface area contributed by atoms with E-state index in [1.165, 1.54) is 0 Å². The highest BCUT2D eigenvalue weighted by atomic mass is 16.2. The molecule has 0 fully saturated rings. The third-order valence-electron chi connectivity index (χ3n) is 1.96. The molecule has 0 aromatic carbocycles. The van der Waals surface area contributed by atoms with Crippen LogP contribution in [0.3, 0.4) is 0 Å². The maximum Gasteiger partial charge on any atom is 0.234 e. The van der Waals surface area contributed by atoms with Gasteiger partial charge in [0.25, 0.3) is 0 Å². The zero-order valence-corrected chi connectivity index (χ0v) is 9.71. The smallest absolute Gasteiger partial charge is 0.234 e. The van der Waals surface area contributed by atoms with Crippen molar-refractivity contribution >= 4 is 5.91 Å². The van der Waals surface area contributed by atoms with E-state index < -0.39 is 0 Å². The largest absolute Gasteiger partial charge is 0.330 e. The van der Waals surface area contributed by atoms with Crippen LogP contribution in [-0.2, 0) is 4.79 Å². The number of hydrogen-bond donors (Lipinski definition) is 2. The van der Waals surface area contributed by atoms with Crippen LogP contribution in [-0.4, -0.2) is 31.6 Å². The lowest BCUT2D eigenvalue weighted by molar-refractivity contribution is -0.125. The minimum atomic E-state index is 0.0473. The molecular weight excluding hydrogens is 178 g/mol. The first-order valence-corrected chi connectivity index (χ1v) is 5.12. The number of hydrogen-bond acceptors (Lipinski definition) is 3. The van der Waals surface area contributed by atoms with E-state index in [4.69, 9.17) is 5.73 Å². The van der Waals surface area contributed by atoms with Gasteiger partial charge in [-0.2, -0.15) is 0 Å². The minimum Gasteiger partial charge on any atom is -0.330 e. The van der Waals surface area contributed by atoms with Crippen molar-refractivity contribution in [2.75, 3.05) is 20.6 Å². The summed E-state index contributed by atoms with van der Waals surface area (Å²) < 4.78 is 0. The van der Waals surface area contributed by atoms with Crippen molar-refractivity contribution in [1.29, 1.82) is 0 Å². The number of rotatable bonds is 6. The predicted molar refractivity (Wildman–Crippen MR) is 58.4 cm³/mol. The van der Waals surface area contributed by atoms with E-state index >= 15 is 0 Å². The highest BCUT2D eigenvalue weighted by molar-refractivity contribution is 5.75. The quantitative estimate of drug-likeness (QED) is 0.618. The van der Waals surface area contributed by atoms with Crippen LogP contribution in [0.2, 0.25) is 0 Å². The average Bonchev–Trinajstić information content (AvgIpc) is 2.00. The normalized spacial score (nSPS) is 13.4. The van der Waals surface area contributed by atoms with Gasteiger partial charge in [-0.1, -0.05) is 13.8 Å². The number of nitrogens with zero attached hydrogens (tertiary/aromatic N) is 1. The molecule has 0 rings (SSSR count). The van der Waals surface area contributed by atoms with Gasteiger partial charge in [0, 0.05) is 20.5 Å². The molecule has 0 aliphatic carbocycles. The van der Waals surface area contributed by atoms with Crippen molar-refractivity contribution < 1.29 is 4.79 Å². The summed E-state index contributed by atoms with van der Waals surface area (Å²) in [6.45, 7) is 4.87. The van der Waals surface area contributed by atoms with Gasteiger partial charge in [-0.05, 0) is 24.8 Å². The first-order valence-electron chi connectivity index (χ1n) is 5.12. The summed E-state index contributed by atoms with van der Waals surface area (Å²) in [4.78, 5) is 11.4. The average molecular weight is 201 g/mol. The first kappa shape index (κ1) is 13.4. The highest BCUT2D eigenvalue weighted by Crippen LogP contribution is 2.13. The van der Waals surface area contributed by atoms with E-state index in [9.17, 15) is 4.79 Å². The Hall–Kier alpha value is -0.610. The lowest BCUT2D eigenvalue weighted by atomic mass is 9.94. The summed E-state index contributed by atoms with van der Waals surface area (Å²) in [5.74, 6) is 0.941. The molecule has 0 bridgehead atoms. The van der Waals surface area contributed by atoms with Crippen molar-refractivity contribution in [3.05, 3.63) is 0 Å². The van der Waals surface area contributed by atoms with Crippen LogP contribution in [0.1, 0.15) is 26.7 Å². The Balaban J connectivity index is 3.86. The van der Waals surface area contributed by atoms with Gasteiger partial charge in [-0.3, -0.25) is 10.2 Å². The summed E-state index contributed by atoms with van der Waals surface area (Å²) in [5, 5.41) is 1.66. The molecule has 4 nitrogen and oxygen atoms in total. The molecule has 3 N–H and O–H groups in total. The van der Waals surface area contributed by atoms with E-state index in [1.807, 2.05) is 0 Å². The molecule has 1 amide bonds. The SMILES string of the molecule is CC(C)C[C@H](CN)CC(=O)NN(C)C. The minimum absolute atomic E-state index is 0.0473. The van der Waals surface area contributed by atoms with Gasteiger partial charge in [0.1, 0.15) is 0 Å². The van der Waals surface area contributed by atoms with Gasteiger partial charge in [-0.25, -0.2) is 5.01 Å². The van der Waals surface area contributed by atoms with E-state index in [-0.39, 0.29) is 5.91 Å². The fourth-order valence-electron chi connectivity index (χ4n) is 1.49. The number of hydrazine groups is 1. The van der Waals surface area contributed by atoms with Crippen molar-refractivity contribution in [1.82, 2.24) is 10.4 Å². The predicted octanol–water partition coefficient (Wildman–Crippen LogP) is 0.590. The molecule has 0 unspecified atom stereocenters. The Labute approximate surface area is 86.8 Å². The van der Waals surface area contributed by atoms with Crippen molar-refractivity contribution in [3.8, 4) is 0 Å². The summed E-state index contributed by atoms with van der Waals surface area (Å²) in [7, 11) is 3.61. The van der Waals surface area contributed by atoms with Crippen LogP contribution in [0.25, 0.3) is 0 Å². The van der Waals surface area contributed by atoms with Crippen molar-refractivity contribution in [2.45, 2.75) is 26.7 Å². The molecule has 0 saturated carbocycles. The zero-order chi connectivity index (χ0) is 11.1. The van der Waals surface area contributed by atoms with Crippen molar-refractivity contribution in [3.63, 3.8) is 0 Å². The Bertz CT molecular complexity index is 169. The molecule has 84 valence electrons. The van der Waals surface area contributed by atoms with Crippen LogP contribution in [0.15, 0.2) is 0 Å². The molecule has 0 spiro atoms. The number of nitrogens with two attached hydrogens (primary N) is 1. The van der Waals surface area contributed by atoms with Crippen LogP contribution in [0.5, 0.6) is 0 Å². The molecule has 4 heteroatoms. The second-order valence-corrected chi connectivity index (χ2v) is 4.36. The van der Waals surface area contributed by atoms with Crippen LogP contribution < -0.4 is 11.2 Å². The lowest BCUT2D eigenvalue weighted by Crippen LogP contribution is -2.38. The Morgan fingerprint density at radius 3 is 2.36 bits per heavy atom. The molecule has 0 aromatic rings. The second kappa shape index (κ2) is 6.79. The molecule has 0 heterocycles. The van der Waals surface area contributed by atoms with E-state index in [2.05, 4.69) is 19.3 Å². The van der Waals surface area contributed by atoms with Crippen molar-refractivity contribution in [2.24, 2.45) is 17.6 Å². The van der Waals surface area contributed by atoms with Crippen LogP contribution >= 0.6 is 0 Å². The highest BCUT2D eigenvalue weighted by Gasteiger charge is 2.13.